The molecule has 0 bridgehead atoms. The molecule has 1 rings (SSSR count). The van der Waals surface area contributed by atoms with E-state index in [2.05, 4.69) is 46.2 Å². The van der Waals surface area contributed by atoms with Gasteiger partial charge in [-0.2, -0.15) is 0 Å². The minimum atomic E-state index is 0.0504. The topological polar surface area (TPSA) is 0 Å². The zero-order chi connectivity index (χ0) is 9.30. The highest BCUT2D eigenvalue weighted by Gasteiger charge is 2.06. The van der Waals surface area contributed by atoms with Crippen molar-refractivity contribution in [3.63, 3.8) is 0 Å². The number of hydrogen-bond acceptors (Lipinski definition) is 0. The fourth-order valence-electron chi connectivity index (χ4n) is 1.88. The normalized spacial score (nSPS) is 10.8. The molecule has 0 aliphatic rings. The van der Waals surface area contributed by atoms with Gasteiger partial charge in [-0.1, -0.05) is 25.6 Å². The molecular formula is C11H17P. The van der Waals surface area contributed by atoms with Crippen molar-refractivity contribution in [2.24, 2.45) is 0 Å². The largest absolute Gasteiger partial charge is 0.0811 e. The molecule has 0 saturated heterocycles. The summed E-state index contributed by atoms with van der Waals surface area (Å²) in [6.07, 6.45) is 0. The van der Waals surface area contributed by atoms with Crippen LogP contribution >= 0.6 is 7.92 Å². The molecule has 0 aliphatic heterocycles. The lowest BCUT2D eigenvalue weighted by Crippen LogP contribution is -2.09. The first kappa shape index (κ1) is 9.74. The molecule has 12 heavy (non-hydrogen) atoms. The van der Waals surface area contributed by atoms with Gasteiger partial charge in [-0.15, -0.1) is 0 Å². The van der Waals surface area contributed by atoms with Gasteiger partial charge in [0.2, 0.25) is 0 Å². The average Bonchev–Trinajstić information content (AvgIpc) is 1.82. The van der Waals surface area contributed by atoms with Crippen LogP contribution in [0.5, 0.6) is 0 Å². The molecule has 0 aromatic heterocycles. The van der Waals surface area contributed by atoms with E-state index < -0.39 is 0 Å². The van der Waals surface area contributed by atoms with Gasteiger partial charge in [0.05, 0.1) is 0 Å². The molecule has 0 amide bonds. The van der Waals surface area contributed by atoms with Gasteiger partial charge in [0.15, 0.2) is 0 Å². The predicted octanol–water partition coefficient (Wildman–Crippen LogP) is 2.98. The summed E-state index contributed by atoms with van der Waals surface area (Å²) in [5.74, 6) is 0. The summed E-state index contributed by atoms with van der Waals surface area (Å²) in [5, 5.41) is 1.58. The minimum absolute atomic E-state index is 0.0504. The highest BCUT2D eigenvalue weighted by molar-refractivity contribution is 7.64. The Kier molecular flexibility index (Phi) is 2.90. The third-order valence-corrected chi connectivity index (χ3v) is 3.68. The molecule has 0 heterocycles. The van der Waals surface area contributed by atoms with E-state index in [0.717, 1.165) is 0 Å². The number of benzene rings is 1. The second-order valence-corrected chi connectivity index (χ2v) is 5.88. The first-order chi connectivity index (χ1) is 5.52. The second kappa shape index (κ2) is 3.58. The van der Waals surface area contributed by atoms with E-state index in [0.29, 0.717) is 0 Å². The van der Waals surface area contributed by atoms with E-state index in [9.17, 15) is 0 Å². The van der Waals surface area contributed by atoms with Gasteiger partial charge in [0, 0.05) is 0 Å². The number of aryl methyl sites for hydroxylation is 3. The molecule has 1 aromatic carbocycles. The van der Waals surface area contributed by atoms with Crippen molar-refractivity contribution in [2.45, 2.75) is 20.8 Å². The molecule has 0 radical (unpaired) electrons. The molecule has 0 N–H and O–H groups in total. The van der Waals surface area contributed by atoms with Crippen molar-refractivity contribution in [3.05, 3.63) is 28.8 Å². The Morgan fingerprint density at radius 2 is 1.33 bits per heavy atom. The van der Waals surface area contributed by atoms with Crippen molar-refractivity contribution in [1.82, 2.24) is 0 Å². The van der Waals surface area contributed by atoms with Crippen LogP contribution in [0.25, 0.3) is 0 Å². The van der Waals surface area contributed by atoms with Crippen LogP contribution in [0.2, 0.25) is 0 Å². The summed E-state index contributed by atoms with van der Waals surface area (Å²) >= 11 is 0. The smallest absolute Gasteiger partial charge is 0.0187 e. The molecule has 1 heteroatoms. The fourth-order valence-corrected chi connectivity index (χ4v) is 3.42. The first-order valence-corrected chi connectivity index (χ1v) is 6.51. The molecular weight excluding hydrogens is 163 g/mol. The van der Waals surface area contributed by atoms with Crippen LogP contribution in [-0.2, 0) is 0 Å². The van der Waals surface area contributed by atoms with E-state index in [1.807, 2.05) is 0 Å². The van der Waals surface area contributed by atoms with E-state index in [1.54, 1.807) is 5.30 Å². The van der Waals surface area contributed by atoms with E-state index in [1.165, 1.54) is 16.7 Å². The van der Waals surface area contributed by atoms with E-state index in [-0.39, 0.29) is 7.92 Å². The summed E-state index contributed by atoms with van der Waals surface area (Å²) in [5.41, 5.74) is 4.30. The van der Waals surface area contributed by atoms with Crippen LogP contribution < -0.4 is 5.30 Å². The quantitative estimate of drug-likeness (QED) is 0.583. The molecule has 1 aromatic rings. The maximum atomic E-state index is 2.32. The van der Waals surface area contributed by atoms with Gasteiger partial charge < -0.3 is 0 Å². The van der Waals surface area contributed by atoms with Crippen molar-refractivity contribution in [2.75, 3.05) is 13.3 Å². The Labute approximate surface area is 76.8 Å². The van der Waals surface area contributed by atoms with Crippen molar-refractivity contribution >= 4 is 13.2 Å². The summed E-state index contributed by atoms with van der Waals surface area (Å²) in [6, 6.07) is 4.56. The monoisotopic (exact) mass is 180 g/mol. The van der Waals surface area contributed by atoms with Gasteiger partial charge in [-0.3, -0.25) is 0 Å². The Balaban J connectivity index is 3.28. The van der Waals surface area contributed by atoms with Crippen molar-refractivity contribution in [3.8, 4) is 0 Å². The summed E-state index contributed by atoms with van der Waals surface area (Å²) < 4.78 is 0. The molecule has 0 spiro atoms. The van der Waals surface area contributed by atoms with Crippen molar-refractivity contribution < 1.29 is 0 Å². The van der Waals surface area contributed by atoms with Gasteiger partial charge in [-0.05, 0) is 50.5 Å². The Hall–Kier alpha value is -0.350. The van der Waals surface area contributed by atoms with Crippen LogP contribution in [0.15, 0.2) is 12.1 Å². The third-order valence-electron chi connectivity index (χ3n) is 2.08. The summed E-state index contributed by atoms with van der Waals surface area (Å²) in [6.45, 7) is 11.2. The van der Waals surface area contributed by atoms with Crippen molar-refractivity contribution in [1.29, 1.82) is 0 Å². The maximum Gasteiger partial charge on any atom is -0.0187 e. The maximum absolute atomic E-state index is 2.32. The van der Waals surface area contributed by atoms with E-state index >= 15 is 0 Å². The lowest BCUT2D eigenvalue weighted by atomic mass is 10.1. The Bertz CT molecular complexity index is 264. The number of rotatable bonds is 1. The van der Waals surface area contributed by atoms with Crippen LogP contribution in [0.3, 0.4) is 0 Å². The Morgan fingerprint density at radius 3 is 1.67 bits per heavy atom. The molecule has 0 unspecified atom stereocenters. The van der Waals surface area contributed by atoms with Crippen LogP contribution in [0.1, 0.15) is 16.7 Å². The third kappa shape index (κ3) is 1.87. The van der Waals surface area contributed by atoms with Gasteiger partial charge in [0.1, 0.15) is 0 Å². The summed E-state index contributed by atoms with van der Waals surface area (Å²) in [4.78, 5) is 0. The first-order valence-electron chi connectivity index (χ1n) is 4.27. The van der Waals surface area contributed by atoms with Gasteiger partial charge >= 0.3 is 0 Å². The highest BCUT2D eigenvalue weighted by Crippen LogP contribution is 2.27. The van der Waals surface area contributed by atoms with Gasteiger partial charge in [-0.25, -0.2) is 0 Å². The zero-order valence-corrected chi connectivity index (χ0v) is 9.50. The molecule has 0 saturated carbocycles. The fraction of sp³-hybridized carbons (Fsp3) is 0.455. The van der Waals surface area contributed by atoms with Crippen LogP contribution in [-0.4, -0.2) is 13.3 Å². The SMILES string of the molecule is Cc1cc(C)c(P(C)C)c(C)c1. The summed E-state index contributed by atoms with van der Waals surface area (Å²) in [7, 11) is 0.0504. The molecule has 0 nitrogen and oxygen atoms in total. The minimum Gasteiger partial charge on any atom is -0.0811 e. The lowest BCUT2D eigenvalue weighted by molar-refractivity contribution is 1.35. The molecule has 0 atom stereocenters. The second-order valence-electron chi connectivity index (χ2n) is 3.64. The van der Waals surface area contributed by atoms with Crippen LogP contribution in [0.4, 0.5) is 0 Å². The lowest BCUT2D eigenvalue weighted by Gasteiger charge is -2.14. The Morgan fingerprint density at radius 1 is 0.917 bits per heavy atom. The molecule has 66 valence electrons. The van der Waals surface area contributed by atoms with Gasteiger partial charge in [0.25, 0.3) is 0 Å². The zero-order valence-electron chi connectivity index (χ0n) is 8.60. The molecule has 0 aliphatic carbocycles. The highest BCUT2D eigenvalue weighted by atomic mass is 31.1. The van der Waals surface area contributed by atoms with E-state index in [4.69, 9.17) is 0 Å². The molecule has 0 fully saturated rings. The standard InChI is InChI=1S/C11H17P/c1-8-6-9(2)11(12(4)5)10(3)7-8/h6-7H,1-5H3. The number of hydrogen-bond donors (Lipinski definition) is 0. The van der Waals surface area contributed by atoms with Crippen LogP contribution in [0, 0.1) is 20.8 Å². The average molecular weight is 180 g/mol. The predicted molar refractivity (Wildman–Crippen MR) is 59.1 cm³/mol.